The van der Waals surface area contributed by atoms with Crippen molar-refractivity contribution in [1.29, 1.82) is 0 Å². The molecule has 2 aromatic carbocycles. The lowest BCUT2D eigenvalue weighted by Crippen LogP contribution is -2.26. The van der Waals surface area contributed by atoms with Gasteiger partial charge in [0.2, 0.25) is 0 Å². The summed E-state index contributed by atoms with van der Waals surface area (Å²) in [7, 11) is 1.64. The van der Waals surface area contributed by atoms with Crippen molar-refractivity contribution in [3.05, 3.63) is 83.4 Å². The van der Waals surface area contributed by atoms with Gasteiger partial charge in [0.05, 0.1) is 7.11 Å². The van der Waals surface area contributed by atoms with E-state index in [-0.39, 0.29) is 11.5 Å². The number of methoxy groups -OCH3 is 1. The molecule has 2 aromatic heterocycles. The number of benzene rings is 2. The summed E-state index contributed by atoms with van der Waals surface area (Å²) in [6.07, 6.45) is 0.422. The van der Waals surface area contributed by atoms with E-state index in [1.807, 2.05) is 36.4 Å². The minimum absolute atomic E-state index is 0.270. The molecule has 8 nitrogen and oxygen atoms in total. The molecule has 9 heteroatoms. The maximum atomic E-state index is 13.3. The molecule has 0 fully saturated rings. The van der Waals surface area contributed by atoms with Crippen molar-refractivity contribution in [2.24, 2.45) is 0 Å². The van der Waals surface area contributed by atoms with Gasteiger partial charge >= 0.3 is 0 Å². The fourth-order valence-corrected chi connectivity index (χ4v) is 3.14. The number of aromatic nitrogens is 4. The Morgan fingerprint density at radius 2 is 1.97 bits per heavy atom. The molecule has 0 radical (unpaired) electrons. The van der Waals surface area contributed by atoms with Gasteiger partial charge in [-0.1, -0.05) is 24.3 Å². The molecular weight excluding hydrogens is 399 g/mol. The third-order valence-electron chi connectivity index (χ3n) is 4.70. The van der Waals surface area contributed by atoms with Crippen LogP contribution in [0, 0.1) is 5.82 Å². The SMILES string of the molecule is COc1ccccc1CNc1ccc2nnc(CCNC(=O)c3cccc(F)c3)n2n1. The summed E-state index contributed by atoms with van der Waals surface area (Å²) in [6, 6.07) is 17.0. The summed E-state index contributed by atoms with van der Waals surface area (Å²) in [4.78, 5) is 12.2. The monoisotopic (exact) mass is 420 g/mol. The molecule has 0 aliphatic carbocycles. The Kier molecular flexibility index (Phi) is 6.02. The van der Waals surface area contributed by atoms with Crippen molar-refractivity contribution >= 4 is 17.4 Å². The number of hydrogen-bond acceptors (Lipinski definition) is 6. The van der Waals surface area contributed by atoms with Crippen LogP contribution in [0.15, 0.2) is 60.7 Å². The van der Waals surface area contributed by atoms with E-state index in [1.54, 1.807) is 17.7 Å². The Balaban J connectivity index is 1.40. The molecule has 4 rings (SSSR count). The van der Waals surface area contributed by atoms with E-state index in [0.29, 0.717) is 36.8 Å². The average molecular weight is 420 g/mol. The summed E-state index contributed by atoms with van der Waals surface area (Å²) in [6.45, 7) is 0.861. The van der Waals surface area contributed by atoms with Gasteiger partial charge in [-0.2, -0.15) is 4.52 Å². The molecule has 0 aliphatic rings. The first kappa shape index (κ1) is 20.3. The lowest BCUT2D eigenvalue weighted by atomic mass is 10.2. The van der Waals surface area contributed by atoms with Crippen LogP contribution in [-0.4, -0.2) is 39.4 Å². The first-order chi connectivity index (χ1) is 15.1. The number of para-hydroxylation sites is 1. The normalized spacial score (nSPS) is 10.8. The first-order valence-corrected chi connectivity index (χ1v) is 9.75. The number of anilines is 1. The number of rotatable bonds is 8. The van der Waals surface area contributed by atoms with E-state index in [0.717, 1.165) is 11.3 Å². The van der Waals surface area contributed by atoms with E-state index in [2.05, 4.69) is 25.9 Å². The number of amides is 1. The van der Waals surface area contributed by atoms with Crippen LogP contribution in [-0.2, 0) is 13.0 Å². The van der Waals surface area contributed by atoms with Crippen LogP contribution in [0.4, 0.5) is 10.2 Å². The van der Waals surface area contributed by atoms with Crippen molar-refractivity contribution in [2.75, 3.05) is 19.0 Å². The molecule has 0 aliphatic heterocycles. The zero-order chi connectivity index (χ0) is 21.6. The first-order valence-electron chi connectivity index (χ1n) is 9.75. The fraction of sp³-hybridized carbons (Fsp3) is 0.182. The lowest BCUT2D eigenvalue weighted by molar-refractivity contribution is 0.0953. The van der Waals surface area contributed by atoms with E-state index in [9.17, 15) is 9.18 Å². The Labute approximate surface area is 178 Å². The number of carbonyl (C=O) groups is 1. The zero-order valence-corrected chi connectivity index (χ0v) is 16.9. The van der Waals surface area contributed by atoms with Gasteiger partial charge in [-0.25, -0.2) is 4.39 Å². The molecule has 0 saturated carbocycles. The summed E-state index contributed by atoms with van der Waals surface area (Å²) in [5, 5.41) is 18.9. The molecule has 31 heavy (non-hydrogen) atoms. The number of ether oxygens (including phenoxy) is 1. The van der Waals surface area contributed by atoms with Crippen molar-refractivity contribution in [3.8, 4) is 5.75 Å². The second kappa shape index (κ2) is 9.21. The minimum atomic E-state index is -0.451. The highest BCUT2D eigenvalue weighted by atomic mass is 19.1. The van der Waals surface area contributed by atoms with Crippen molar-refractivity contribution in [3.63, 3.8) is 0 Å². The maximum Gasteiger partial charge on any atom is 0.251 e. The Bertz CT molecular complexity index is 1210. The number of hydrogen-bond donors (Lipinski definition) is 2. The Morgan fingerprint density at radius 3 is 2.81 bits per heavy atom. The second-order valence-electron chi connectivity index (χ2n) is 6.79. The number of carbonyl (C=O) groups excluding carboxylic acids is 1. The van der Waals surface area contributed by atoms with Gasteiger partial charge in [-0.05, 0) is 36.4 Å². The quantitative estimate of drug-likeness (QED) is 0.455. The average Bonchev–Trinajstić information content (AvgIpc) is 3.20. The molecule has 0 spiro atoms. The van der Waals surface area contributed by atoms with E-state index >= 15 is 0 Å². The number of nitrogens with zero attached hydrogens (tertiary/aromatic N) is 4. The van der Waals surface area contributed by atoms with Crippen LogP contribution in [0.25, 0.3) is 5.65 Å². The van der Waals surface area contributed by atoms with Crippen LogP contribution in [0.1, 0.15) is 21.7 Å². The third kappa shape index (κ3) is 4.77. The predicted molar refractivity (Wildman–Crippen MR) is 114 cm³/mol. The predicted octanol–water partition coefficient (Wildman–Crippen LogP) is 2.86. The van der Waals surface area contributed by atoms with Gasteiger partial charge in [0.15, 0.2) is 11.5 Å². The minimum Gasteiger partial charge on any atom is -0.496 e. The van der Waals surface area contributed by atoms with Crippen LogP contribution in [0.3, 0.4) is 0 Å². The van der Waals surface area contributed by atoms with E-state index < -0.39 is 5.82 Å². The smallest absolute Gasteiger partial charge is 0.251 e. The molecule has 0 bridgehead atoms. The summed E-state index contributed by atoms with van der Waals surface area (Å²) >= 11 is 0. The standard InChI is InChI=1S/C22H21FN6O2/c1-31-18-8-3-2-5-16(18)14-25-19-9-10-20-26-27-21(29(20)28-19)11-12-24-22(30)15-6-4-7-17(23)13-15/h2-10,13H,11-12,14H2,1H3,(H,24,30)(H,25,28). The summed E-state index contributed by atoms with van der Waals surface area (Å²) in [5.74, 6) is 1.27. The van der Waals surface area contributed by atoms with Crippen LogP contribution in [0.2, 0.25) is 0 Å². The number of halogens is 1. The fourth-order valence-electron chi connectivity index (χ4n) is 3.14. The van der Waals surface area contributed by atoms with Gasteiger partial charge in [0, 0.05) is 30.6 Å². The van der Waals surface area contributed by atoms with Crippen LogP contribution < -0.4 is 15.4 Å². The van der Waals surface area contributed by atoms with Crippen molar-refractivity contribution in [1.82, 2.24) is 25.1 Å². The highest BCUT2D eigenvalue weighted by molar-refractivity contribution is 5.94. The largest absolute Gasteiger partial charge is 0.496 e. The second-order valence-corrected chi connectivity index (χ2v) is 6.79. The van der Waals surface area contributed by atoms with Crippen molar-refractivity contribution < 1.29 is 13.9 Å². The Morgan fingerprint density at radius 1 is 1.10 bits per heavy atom. The molecular formula is C22H21FN6O2. The number of fused-ring (bicyclic) bond motifs is 1. The molecule has 2 heterocycles. The molecule has 0 saturated heterocycles. The van der Waals surface area contributed by atoms with Gasteiger partial charge < -0.3 is 15.4 Å². The third-order valence-corrected chi connectivity index (χ3v) is 4.70. The zero-order valence-electron chi connectivity index (χ0n) is 16.9. The molecule has 4 aromatic rings. The Hall–Kier alpha value is -4.01. The molecule has 2 N–H and O–H groups in total. The lowest BCUT2D eigenvalue weighted by Gasteiger charge is -2.10. The van der Waals surface area contributed by atoms with Crippen molar-refractivity contribution in [2.45, 2.75) is 13.0 Å². The van der Waals surface area contributed by atoms with Gasteiger partial charge in [-0.15, -0.1) is 15.3 Å². The van der Waals surface area contributed by atoms with E-state index in [4.69, 9.17) is 4.74 Å². The highest BCUT2D eigenvalue weighted by Crippen LogP contribution is 2.18. The topological polar surface area (TPSA) is 93.4 Å². The highest BCUT2D eigenvalue weighted by Gasteiger charge is 2.10. The molecule has 158 valence electrons. The van der Waals surface area contributed by atoms with Crippen LogP contribution in [0.5, 0.6) is 5.75 Å². The van der Waals surface area contributed by atoms with Gasteiger partial charge in [0.1, 0.15) is 17.4 Å². The summed E-state index contributed by atoms with van der Waals surface area (Å²) in [5.41, 5.74) is 1.89. The molecule has 0 unspecified atom stereocenters. The summed E-state index contributed by atoms with van der Waals surface area (Å²) < 4.78 is 20.3. The van der Waals surface area contributed by atoms with Gasteiger partial charge in [0.25, 0.3) is 5.91 Å². The maximum absolute atomic E-state index is 13.3. The molecule has 1 amide bonds. The van der Waals surface area contributed by atoms with Crippen LogP contribution >= 0.6 is 0 Å². The molecule has 0 atom stereocenters. The number of nitrogens with one attached hydrogen (secondary N) is 2. The van der Waals surface area contributed by atoms with Gasteiger partial charge in [-0.3, -0.25) is 4.79 Å². The van der Waals surface area contributed by atoms with E-state index in [1.165, 1.54) is 18.2 Å².